The quantitative estimate of drug-likeness (QED) is 0.499. The van der Waals surface area contributed by atoms with Crippen LogP contribution < -0.4 is 10.1 Å². The number of nitrogens with one attached hydrogen (secondary N) is 1. The molecular formula is C23H23BrN2O3S. The number of likely N-dealkylation sites (N-methyl/N-ethyl adjacent to an activating group) is 1. The average Bonchev–Trinajstić information content (AvgIpc) is 3.11. The molecule has 5 nitrogen and oxygen atoms in total. The summed E-state index contributed by atoms with van der Waals surface area (Å²) in [6.45, 7) is 3.89. The Labute approximate surface area is 188 Å². The fourth-order valence-corrected chi connectivity index (χ4v) is 4.59. The van der Waals surface area contributed by atoms with E-state index in [1.165, 1.54) is 16.2 Å². The smallest absolute Gasteiger partial charge is 0.264 e. The number of benzene rings is 2. The van der Waals surface area contributed by atoms with Gasteiger partial charge in [-0.15, -0.1) is 11.3 Å². The first kappa shape index (κ1) is 22.1. The summed E-state index contributed by atoms with van der Waals surface area (Å²) in [5.74, 6) is 0.375. The van der Waals surface area contributed by atoms with Crippen molar-refractivity contribution in [3.8, 4) is 16.9 Å². The maximum absolute atomic E-state index is 12.9. The largest absolute Gasteiger partial charge is 0.497 e. The molecule has 0 saturated heterocycles. The highest BCUT2D eigenvalue weighted by molar-refractivity contribution is 9.10. The standard InChI is InChI=1S/C23H23BrN2O3S/c1-14-11-17(24)7-10-20(14)25-22(27)13-26(3)23(28)21-12-19(15(2)30-21)16-5-8-18(29-4)9-6-16/h5-12H,13H2,1-4H3,(H,25,27). The molecule has 2 amide bonds. The van der Waals surface area contributed by atoms with Crippen molar-refractivity contribution in [1.29, 1.82) is 0 Å². The molecule has 7 heteroatoms. The van der Waals surface area contributed by atoms with Crippen LogP contribution in [-0.4, -0.2) is 37.4 Å². The van der Waals surface area contributed by atoms with Crippen molar-refractivity contribution in [2.24, 2.45) is 0 Å². The van der Waals surface area contributed by atoms with E-state index in [1.54, 1.807) is 14.2 Å². The minimum atomic E-state index is -0.236. The maximum atomic E-state index is 12.9. The molecule has 0 radical (unpaired) electrons. The third-order valence-corrected chi connectivity index (χ3v) is 6.25. The number of halogens is 1. The van der Waals surface area contributed by atoms with E-state index in [0.717, 1.165) is 37.5 Å². The van der Waals surface area contributed by atoms with Gasteiger partial charge in [0.05, 0.1) is 18.5 Å². The normalized spacial score (nSPS) is 10.6. The van der Waals surface area contributed by atoms with Gasteiger partial charge < -0.3 is 15.0 Å². The fourth-order valence-electron chi connectivity index (χ4n) is 3.08. The van der Waals surface area contributed by atoms with Gasteiger partial charge in [-0.2, -0.15) is 0 Å². The minimum absolute atomic E-state index is 0.0246. The topological polar surface area (TPSA) is 58.6 Å². The van der Waals surface area contributed by atoms with E-state index in [2.05, 4.69) is 21.2 Å². The Balaban J connectivity index is 1.69. The van der Waals surface area contributed by atoms with Crippen molar-refractivity contribution in [3.05, 3.63) is 68.3 Å². The number of nitrogens with zero attached hydrogens (tertiary/aromatic N) is 1. The van der Waals surface area contributed by atoms with Gasteiger partial charge in [0.2, 0.25) is 5.91 Å². The Morgan fingerprint density at radius 1 is 1.10 bits per heavy atom. The van der Waals surface area contributed by atoms with Gasteiger partial charge in [-0.05, 0) is 66.9 Å². The van der Waals surface area contributed by atoms with E-state index < -0.39 is 0 Å². The summed E-state index contributed by atoms with van der Waals surface area (Å²) >= 11 is 4.84. The minimum Gasteiger partial charge on any atom is -0.497 e. The highest BCUT2D eigenvalue weighted by Gasteiger charge is 2.19. The Morgan fingerprint density at radius 2 is 1.80 bits per heavy atom. The predicted molar refractivity (Wildman–Crippen MR) is 126 cm³/mol. The van der Waals surface area contributed by atoms with Gasteiger partial charge in [0.25, 0.3) is 5.91 Å². The highest BCUT2D eigenvalue weighted by Crippen LogP contribution is 2.32. The van der Waals surface area contributed by atoms with Crippen molar-refractivity contribution in [2.75, 3.05) is 26.0 Å². The van der Waals surface area contributed by atoms with Crippen LogP contribution in [0.1, 0.15) is 20.1 Å². The third kappa shape index (κ3) is 5.09. The predicted octanol–water partition coefficient (Wildman–Crippen LogP) is 5.51. The number of ether oxygens (including phenoxy) is 1. The summed E-state index contributed by atoms with van der Waals surface area (Å²) in [7, 11) is 3.27. The Bertz CT molecular complexity index is 1080. The zero-order chi connectivity index (χ0) is 21.8. The van der Waals surface area contributed by atoms with Crippen LogP contribution in [0.3, 0.4) is 0 Å². The molecule has 1 aromatic heterocycles. The Hall–Kier alpha value is -2.64. The van der Waals surface area contributed by atoms with E-state index in [4.69, 9.17) is 4.74 Å². The van der Waals surface area contributed by atoms with Crippen molar-refractivity contribution < 1.29 is 14.3 Å². The first-order valence-electron chi connectivity index (χ1n) is 9.35. The molecule has 0 spiro atoms. The molecule has 0 aliphatic rings. The van der Waals surface area contributed by atoms with Crippen molar-refractivity contribution >= 4 is 44.8 Å². The first-order chi connectivity index (χ1) is 14.3. The molecule has 0 atom stereocenters. The molecule has 2 aromatic carbocycles. The van der Waals surface area contributed by atoms with Crippen molar-refractivity contribution in [1.82, 2.24) is 4.90 Å². The van der Waals surface area contributed by atoms with Crippen LogP contribution in [0.2, 0.25) is 0 Å². The van der Waals surface area contributed by atoms with E-state index in [-0.39, 0.29) is 18.4 Å². The number of amides is 2. The van der Waals surface area contributed by atoms with Crippen LogP contribution in [-0.2, 0) is 4.79 Å². The molecule has 3 aromatic rings. The number of rotatable bonds is 6. The fraction of sp³-hybridized carbons (Fsp3) is 0.217. The van der Waals surface area contributed by atoms with Crippen LogP contribution in [0.4, 0.5) is 5.69 Å². The summed E-state index contributed by atoms with van der Waals surface area (Å²) in [5, 5.41) is 2.87. The van der Waals surface area contributed by atoms with E-state index in [0.29, 0.717) is 4.88 Å². The first-order valence-corrected chi connectivity index (χ1v) is 11.0. The Morgan fingerprint density at radius 3 is 2.43 bits per heavy atom. The zero-order valence-electron chi connectivity index (χ0n) is 17.3. The molecule has 3 rings (SSSR count). The SMILES string of the molecule is COc1ccc(-c2cc(C(=O)N(C)CC(=O)Nc3ccc(Br)cc3C)sc2C)cc1. The number of carbonyl (C=O) groups excluding carboxylic acids is 2. The lowest BCUT2D eigenvalue weighted by Gasteiger charge is -2.16. The van der Waals surface area contributed by atoms with Crippen LogP contribution in [0.15, 0.2) is 53.0 Å². The number of aryl methyl sites for hydroxylation is 2. The lowest BCUT2D eigenvalue weighted by Crippen LogP contribution is -2.34. The van der Waals surface area contributed by atoms with Gasteiger partial charge in [-0.1, -0.05) is 28.1 Å². The summed E-state index contributed by atoms with van der Waals surface area (Å²) in [6, 6.07) is 15.3. The molecule has 0 aliphatic heterocycles. The molecule has 0 bridgehead atoms. The van der Waals surface area contributed by atoms with Gasteiger partial charge in [0.15, 0.2) is 0 Å². The lowest BCUT2D eigenvalue weighted by molar-refractivity contribution is -0.116. The van der Waals surface area contributed by atoms with Gasteiger partial charge in [-0.25, -0.2) is 0 Å². The molecule has 0 unspecified atom stereocenters. The molecular weight excluding hydrogens is 464 g/mol. The van der Waals surface area contributed by atoms with Crippen molar-refractivity contribution in [3.63, 3.8) is 0 Å². The molecule has 0 fully saturated rings. The second kappa shape index (κ2) is 9.45. The van der Waals surface area contributed by atoms with E-state index in [9.17, 15) is 9.59 Å². The Kier molecular flexibility index (Phi) is 6.95. The lowest BCUT2D eigenvalue weighted by atomic mass is 10.1. The number of carbonyl (C=O) groups is 2. The molecule has 30 heavy (non-hydrogen) atoms. The zero-order valence-corrected chi connectivity index (χ0v) is 19.7. The van der Waals surface area contributed by atoms with Gasteiger partial charge in [-0.3, -0.25) is 9.59 Å². The van der Waals surface area contributed by atoms with Gasteiger partial charge in [0.1, 0.15) is 5.75 Å². The molecule has 0 aliphatic carbocycles. The molecule has 1 N–H and O–H groups in total. The summed E-state index contributed by atoms with van der Waals surface area (Å²) < 4.78 is 6.15. The highest BCUT2D eigenvalue weighted by atomic mass is 79.9. The maximum Gasteiger partial charge on any atom is 0.264 e. The second-order valence-electron chi connectivity index (χ2n) is 6.98. The van der Waals surface area contributed by atoms with Crippen molar-refractivity contribution in [2.45, 2.75) is 13.8 Å². The number of hydrogen-bond donors (Lipinski definition) is 1. The van der Waals surface area contributed by atoms with Crippen LogP contribution in [0.5, 0.6) is 5.75 Å². The molecule has 1 heterocycles. The monoisotopic (exact) mass is 486 g/mol. The number of thiophene rings is 1. The molecule has 0 saturated carbocycles. The molecule has 156 valence electrons. The van der Waals surface area contributed by atoms with E-state index in [1.807, 2.05) is 62.4 Å². The van der Waals surface area contributed by atoms with Gasteiger partial charge >= 0.3 is 0 Å². The number of hydrogen-bond acceptors (Lipinski definition) is 4. The van der Waals surface area contributed by atoms with Crippen LogP contribution in [0, 0.1) is 13.8 Å². The summed E-state index contributed by atoms with van der Waals surface area (Å²) in [4.78, 5) is 28.4. The average molecular weight is 487 g/mol. The third-order valence-electron chi connectivity index (χ3n) is 4.72. The summed E-state index contributed by atoms with van der Waals surface area (Å²) in [6.07, 6.45) is 0. The number of anilines is 1. The summed E-state index contributed by atoms with van der Waals surface area (Å²) in [5.41, 5.74) is 3.71. The van der Waals surface area contributed by atoms with Gasteiger partial charge in [0, 0.05) is 22.1 Å². The van der Waals surface area contributed by atoms with E-state index >= 15 is 0 Å². The second-order valence-corrected chi connectivity index (χ2v) is 9.15. The number of methoxy groups -OCH3 is 1. The van der Waals surface area contributed by atoms with Crippen LogP contribution >= 0.6 is 27.3 Å². The van der Waals surface area contributed by atoms with Crippen LogP contribution in [0.25, 0.3) is 11.1 Å².